The first-order valence-corrected chi connectivity index (χ1v) is 22.0. The zero-order valence-corrected chi connectivity index (χ0v) is 43.6. The molecule has 17 heteroatoms. The Labute approximate surface area is 430 Å². The number of carboxylic acid groups (broad SMARTS) is 2. The Morgan fingerprint density at radius 1 is 0.571 bits per heavy atom. The van der Waals surface area contributed by atoms with E-state index in [1.54, 1.807) is 30.7 Å². The molecule has 7 rings (SSSR count). The second-order valence-corrected chi connectivity index (χ2v) is 19.1. The second-order valence-electron chi connectivity index (χ2n) is 17.3. The van der Waals surface area contributed by atoms with Crippen molar-refractivity contribution < 1.29 is 95.7 Å². The van der Waals surface area contributed by atoms with Crippen LogP contribution in [0.25, 0.3) is 0 Å². The van der Waals surface area contributed by atoms with Crippen LogP contribution in [-0.2, 0) is 22.3 Å². The predicted molar refractivity (Wildman–Crippen MR) is 242 cm³/mol. The average molecular weight is 1030 g/mol. The van der Waals surface area contributed by atoms with E-state index in [4.69, 9.17) is 25.4 Å². The Morgan fingerprint density at radius 2 is 0.873 bits per heavy atom. The van der Waals surface area contributed by atoms with Crippen molar-refractivity contribution in [1.29, 1.82) is 0 Å². The fraction of sp³-hybridized carbons (Fsp3) is 0.478. The third-order valence-corrected chi connectivity index (χ3v) is 10.3. The van der Waals surface area contributed by atoms with Gasteiger partial charge in [0.25, 0.3) is 0 Å². The first-order chi connectivity index (χ1) is 28.7. The van der Waals surface area contributed by atoms with Gasteiger partial charge in [0.1, 0.15) is 11.2 Å². The van der Waals surface area contributed by atoms with Crippen LogP contribution in [-0.4, -0.2) is 76.7 Å². The van der Waals surface area contributed by atoms with Crippen LogP contribution in [0.4, 0.5) is 0 Å². The van der Waals surface area contributed by atoms with E-state index in [9.17, 15) is 19.2 Å². The van der Waals surface area contributed by atoms with Crippen molar-refractivity contribution in [2.75, 3.05) is 0 Å². The minimum atomic E-state index is -0.964. The summed E-state index contributed by atoms with van der Waals surface area (Å²) in [7, 11) is 0. The summed E-state index contributed by atoms with van der Waals surface area (Å²) in [6, 6.07) is 7.39. The van der Waals surface area contributed by atoms with E-state index in [0.29, 0.717) is 27.2 Å². The fourth-order valence-corrected chi connectivity index (χ4v) is 6.38. The Bertz CT molecular complexity index is 2050. The van der Waals surface area contributed by atoms with Gasteiger partial charge >= 0.3 is 75.3 Å². The maximum atomic E-state index is 11.9. The standard InChI is InChI=1S/C15H21NO2.C11H13NO2.C10H12BrNO2.C6H4BrNO2.C4H9N.K.H2O/c1-15(2,3)18-14(17)13-8-12(9-16-10-13)7-11-5-4-6-11;13-11(14)10-5-9(6-12-7-10)4-8-2-1-3-8;1-10(2,3)14-9(13)7-4-8(11)6-12-5-7;7-5-1-4(6(9)10)2-8-3-5;5-4-2-1-3-4;;/h8-11H,4-7H2,1-3H3;5-8H,1-4H2,(H,13,14);4-6H,1-3H3;1-3H,(H,9,10);4H,1-3,5H2;;1H2/q;;;;;+1;/p-1. The Kier molecular flexibility index (Phi) is 26.5. The molecule has 0 aromatic carbocycles. The molecule has 63 heavy (non-hydrogen) atoms. The van der Waals surface area contributed by atoms with Gasteiger partial charge in [-0.3, -0.25) is 19.9 Å². The number of halogens is 2. The van der Waals surface area contributed by atoms with Crippen LogP contribution in [0.2, 0.25) is 0 Å². The molecule has 5 N–H and O–H groups in total. The van der Waals surface area contributed by atoms with E-state index in [1.165, 1.54) is 88.6 Å². The molecule has 0 aliphatic heterocycles. The van der Waals surface area contributed by atoms with Crippen molar-refractivity contribution in [2.45, 2.75) is 129 Å². The number of rotatable bonds is 8. The fourth-order valence-electron chi connectivity index (χ4n) is 5.65. The molecule has 3 saturated carbocycles. The van der Waals surface area contributed by atoms with Gasteiger partial charge in [-0.05, 0) is 146 Å². The molecule has 4 aromatic heterocycles. The largest absolute Gasteiger partial charge is 1.00 e. The molecule has 0 radical (unpaired) electrons. The summed E-state index contributed by atoms with van der Waals surface area (Å²) in [6.45, 7) is 11.1. The number of esters is 2. The number of carbonyl (C=O) groups excluding carboxylic acids is 2. The first kappa shape index (κ1) is 58.0. The minimum absolute atomic E-state index is 0. The third-order valence-electron chi connectivity index (χ3n) is 9.41. The molecular formula is C46H60Br2KN5O9. The Morgan fingerprint density at radius 3 is 1.16 bits per heavy atom. The van der Waals surface area contributed by atoms with E-state index in [-0.39, 0.29) is 74.4 Å². The van der Waals surface area contributed by atoms with Gasteiger partial charge in [0.05, 0.1) is 22.3 Å². The van der Waals surface area contributed by atoms with E-state index >= 15 is 0 Å². The number of nitrogens with zero attached hydrogens (tertiary/aromatic N) is 4. The molecule has 3 fully saturated rings. The third kappa shape index (κ3) is 24.2. The normalized spacial score (nSPS) is 14.2. The van der Waals surface area contributed by atoms with Crippen LogP contribution in [0.1, 0.15) is 152 Å². The number of aromatic carboxylic acids is 2. The molecular weight excluding hydrogens is 965 g/mol. The summed E-state index contributed by atoms with van der Waals surface area (Å²) in [5.41, 5.74) is 8.13. The molecule has 0 atom stereocenters. The number of hydrogen-bond donors (Lipinski definition) is 3. The number of carboxylic acids is 2. The van der Waals surface area contributed by atoms with Gasteiger partial charge in [-0.2, -0.15) is 0 Å². The smallest absolute Gasteiger partial charge is 0.870 e. The molecule has 0 unspecified atom stereocenters. The zero-order valence-electron chi connectivity index (χ0n) is 37.4. The first-order valence-electron chi connectivity index (χ1n) is 20.4. The summed E-state index contributed by atoms with van der Waals surface area (Å²) >= 11 is 6.34. The minimum Gasteiger partial charge on any atom is -0.870 e. The van der Waals surface area contributed by atoms with Crippen LogP contribution in [0, 0.1) is 11.8 Å². The van der Waals surface area contributed by atoms with E-state index in [2.05, 4.69) is 51.8 Å². The maximum Gasteiger partial charge on any atom is 1.00 e. The number of hydrogen-bond acceptors (Lipinski definition) is 12. The van der Waals surface area contributed by atoms with Crippen LogP contribution in [0.15, 0.2) is 82.8 Å². The zero-order chi connectivity index (χ0) is 45.2. The van der Waals surface area contributed by atoms with Crippen molar-refractivity contribution in [1.82, 2.24) is 19.9 Å². The Balaban J connectivity index is 0.000000406. The van der Waals surface area contributed by atoms with Gasteiger partial charge in [-0.15, -0.1) is 0 Å². The molecule has 14 nitrogen and oxygen atoms in total. The van der Waals surface area contributed by atoms with Gasteiger partial charge in [0.2, 0.25) is 0 Å². The number of pyridine rings is 4. The van der Waals surface area contributed by atoms with Crippen molar-refractivity contribution >= 4 is 55.7 Å². The van der Waals surface area contributed by atoms with E-state index < -0.39 is 23.1 Å². The summed E-state index contributed by atoms with van der Waals surface area (Å²) in [5.74, 6) is -0.972. The number of carbonyl (C=O) groups is 4. The quantitative estimate of drug-likeness (QED) is 0.117. The molecule has 3 aliphatic carbocycles. The molecule has 4 aromatic rings. The van der Waals surface area contributed by atoms with E-state index in [0.717, 1.165) is 40.3 Å². The number of nitrogens with two attached hydrogens (primary N) is 1. The van der Waals surface area contributed by atoms with Crippen molar-refractivity contribution in [3.05, 3.63) is 116 Å². The summed E-state index contributed by atoms with van der Waals surface area (Å²) in [4.78, 5) is 60.1. The van der Waals surface area contributed by atoms with Gasteiger partial charge in [-0.1, -0.05) is 44.9 Å². The average Bonchev–Trinajstić information content (AvgIpc) is 3.14. The van der Waals surface area contributed by atoms with Gasteiger partial charge in [0.15, 0.2) is 0 Å². The molecule has 4 heterocycles. The molecule has 0 amide bonds. The summed E-state index contributed by atoms with van der Waals surface area (Å²) in [5, 5.41) is 17.2. The molecule has 0 spiro atoms. The van der Waals surface area contributed by atoms with E-state index in [1.807, 2.05) is 53.8 Å². The van der Waals surface area contributed by atoms with Gasteiger partial charge in [0, 0.05) is 64.6 Å². The maximum absolute atomic E-state index is 11.9. The van der Waals surface area contributed by atoms with Gasteiger partial charge < -0.3 is 30.9 Å². The Hall–Kier alpha value is -3.00. The summed E-state index contributed by atoms with van der Waals surface area (Å²) in [6.07, 6.45) is 26.2. The number of ether oxygens (including phenoxy) is 2. The predicted octanol–water partition coefficient (Wildman–Crippen LogP) is 7.17. The van der Waals surface area contributed by atoms with Gasteiger partial charge in [-0.25, -0.2) is 19.2 Å². The molecule has 338 valence electrons. The van der Waals surface area contributed by atoms with Crippen LogP contribution in [0.5, 0.6) is 0 Å². The number of aromatic nitrogens is 4. The SMILES string of the molecule is CC(C)(C)OC(=O)c1cncc(Br)c1.CC(C)(C)OC(=O)c1cncc(CC2CCC2)c1.NC1CCC1.O=C(O)c1cncc(Br)c1.O=C(O)c1cncc(CC2CCC2)c1.[K+].[OH-]. The van der Waals surface area contributed by atoms with Crippen molar-refractivity contribution in [3.63, 3.8) is 0 Å². The van der Waals surface area contributed by atoms with Crippen molar-refractivity contribution in [3.8, 4) is 0 Å². The van der Waals surface area contributed by atoms with Crippen LogP contribution < -0.4 is 57.1 Å². The molecule has 0 bridgehead atoms. The second kappa shape index (κ2) is 28.8. The molecule has 0 saturated heterocycles. The van der Waals surface area contributed by atoms with Crippen LogP contribution >= 0.6 is 31.9 Å². The van der Waals surface area contributed by atoms with Crippen LogP contribution in [0.3, 0.4) is 0 Å². The molecule has 3 aliphatic rings. The summed E-state index contributed by atoms with van der Waals surface area (Å²) < 4.78 is 12.0. The topological polar surface area (TPSA) is 235 Å². The monoisotopic (exact) mass is 1020 g/mol. The van der Waals surface area contributed by atoms with Crippen molar-refractivity contribution in [2.24, 2.45) is 17.6 Å².